The fourth-order valence-electron chi connectivity index (χ4n) is 2.40. The second kappa shape index (κ2) is 6.10. The van der Waals surface area contributed by atoms with Crippen LogP contribution in [0.25, 0.3) is 0 Å². The summed E-state index contributed by atoms with van der Waals surface area (Å²) in [6.45, 7) is 2.84. The molecule has 21 heavy (non-hydrogen) atoms. The first-order valence-electron chi connectivity index (χ1n) is 6.81. The third-order valence-electron chi connectivity index (χ3n) is 3.53. The number of hydrogen-bond donors (Lipinski definition) is 0. The Kier molecular flexibility index (Phi) is 4.01. The van der Waals surface area contributed by atoms with E-state index in [2.05, 4.69) is 14.9 Å². The first-order valence-corrected chi connectivity index (χ1v) is 7.19. The summed E-state index contributed by atoms with van der Waals surface area (Å²) in [5.74, 6) is 0.887. The zero-order chi connectivity index (χ0) is 14.7. The predicted molar refractivity (Wildman–Crippen MR) is 81.6 cm³/mol. The van der Waals surface area contributed by atoms with E-state index in [0.29, 0.717) is 18.7 Å². The van der Waals surface area contributed by atoms with Crippen LogP contribution in [0.1, 0.15) is 10.4 Å². The van der Waals surface area contributed by atoms with Gasteiger partial charge in [-0.15, -0.1) is 0 Å². The maximum Gasteiger partial charge on any atom is 0.257 e. The maximum atomic E-state index is 12.4. The molecule has 0 radical (unpaired) electrons. The minimum atomic E-state index is -0.0613. The summed E-state index contributed by atoms with van der Waals surface area (Å²) in [6.07, 6.45) is 3.36. The summed E-state index contributed by atoms with van der Waals surface area (Å²) in [7, 11) is 0. The average Bonchev–Trinajstić information content (AvgIpc) is 2.56. The Balaban J connectivity index is 1.66. The number of rotatable bonds is 2. The van der Waals surface area contributed by atoms with Crippen LogP contribution in [0.15, 0.2) is 42.7 Å². The van der Waals surface area contributed by atoms with Gasteiger partial charge in [0.2, 0.25) is 0 Å². The number of hydrogen-bond acceptors (Lipinski definition) is 4. The molecule has 0 bridgehead atoms. The number of carbonyl (C=O) groups is 1. The van der Waals surface area contributed by atoms with Crippen LogP contribution in [0.5, 0.6) is 0 Å². The van der Waals surface area contributed by atoms with Gasteiger partial charge in [-0.2, -0.15) is 0 Å². The summed E-state index contributed by atoms with van der Waals surface area (Å²) >= 11 is 5.98. The van der Waals surface area contributed by atoms with Crippen molar-refractivity contribution >= 4 is 23.3 Å². The molecular weight excluding hydrogens is 288 g/mol. The summed E-state index contributed by atoms with van der Waals surface area (Å²) in [4.78, 5) is 24.7. The highest BCUT2D eigenvalue weighted by Crippen LogP contribution is 2.17. The molecule has 0 aliphatic carbocycles. The summed E-state index contributed by atoms with van der Waals surface area (Å²) in [5, 5.41) is 0.259. The second-order valence-corrected chi connectivity index (χ2v) is 5.17. The molecule has 5 nitrogen and oxygen atoms in total. The van der Waals surface area contributed by atoms with Gasteiger partial charge in [0.1, 0.15) is 11.0 Å². The quantitative estimate of drug-likeness (QED) is 0.797. The first kappa shape index (κ1) is 13.8. The van der Waals surface area contributed by atoms with E-state index in [1.165, 1.54) is 0 Å². The van der Waals surface area contributed by atoms with E-state index in [1.54, 1.807) is 24.5 Å². The summed E-state index contributed by atoms with van der Waals surface area (Å²) < 4.78 is 0. The average molecular weight is 303 g/mol. The predicted octanol–water partition coefficient (Wildman–Crippen LogP) is 2.09. The molecule has 3 rings (SSSR count). The van der Waals surface area contributed by atoms with Crippen molar-refractivity contribution in [3.05, 3.63) is 53.4 Å². The van der Waals surface area contributed by atoms with Gasteiger partial charge in [-0.3, -0.25) is 4.79 Å². The van der Waals surface area contributed by atoms with Gasteiger partial charge in [0.05, 0.1) is 5.56 Å². The minimum Gasteiger partial charge on any atom is -0.353 e. The lowest BCUT2D eigenvalue weighted by Gasteiger charge is -2.35. The van der Waals surface area contributed by atoms with Gasteiger partial charge in [0.25, 0.3) is 5.91 Å². The molecule has 0 spiro atoms. The highest BCUT2D eigenvalue weighted by molar-refractivity contribution is 6.32. The van der Waals surface area contributed by atoms with E-state index in [9.17, 15) is 4.79 Å². The van der Waals surface area contributed by atoms with E-state index in [-0.39, 0.29) is 11.1 Å². The lowest BCUT2D eigenvalue weighted by molar-refractivity contribution is 0.0746. The number of nitrogens with zero attached hydrogens (tertiary/aromatic N) is 4. The molecule has 0 aromatic carbocycles. The molecule has 1 amide bonds. The minimum absolute atomic E-state index is 0.0613. The SMILES string of the molecule is O=C(c1cccnc1Cl)N1CCN(c2ccccn2)CC1. The van der Waals surface area contributed by atoms with E-state index in [0.717, 1.165) is 18.9 Å². The normalized spacial score (nSPS) is 15.1. The summed E-state index contributed by atoms with van der Waals surface area (Å²) in [5.41, 5.74) is 0.463. The molecule has 1 fully saturated rings. The zero-order valence-corrected chi connectivity index (χ0v) is 12.2. The van der Waals surface area contributed by atoms with Crippen LogP contribution in [0.4, 0.5) is 5.82 Å². The molecule has 1 saturated heterocycles. The monoisotopic (exact) mass is 302 g/mol. The van der Waals surface area contributed by atoms with Gasteiger partial charge in [0, 0.05) is 38.6 Å². The molecule has 1 aliphatic rings. The van der Waals surface area contributed by atoms with Crippen molar-refractivity contribution < 1.29 is 4.79 Å². The number of carbonyl (C=O) groups excluding carboxylic acids is 1. The number of aromatic nitrogens is 2. The Morgan fingerprint density at radius 3 is 2.43 bits per heavy atom. The smallest absolute Gasteiger partial charge is 0.257 e. The third-order valence-corrected chi connectivity index (χ3v) is 3.83. The largest absolute Gasteiger partial charge is 0.353 e. The second-order valence-electron chi connectivity index (χ2n) is 4.81. The van der Waals surface area contributed by atoms with Gasteiger partial charge < -0.3 is 9.80 Å². The number of piperazine rings is 1. The number of amides is 1. The van der Waals surface area contributed by atoms with Crippen LogP contribution in [-0.2, 0) is 0 Å². The fraction of sp³-hybridized carbons (Fsp3) is 0.267. The highest BCUT2D eigenvalue weighted by atomic mass is 35.5. The molecule has 1 aliphatic heterocycles. The van der Waals surface area contributed by atoms with Gasteiger partial charge >= 0.3 is 0 Å². The molecule has 0 atom stereocenters. The van der Waals surface area contributed by atoms with Crippen LogP contribution >= 0.6 is 11.6 Å². The molecular formula is C15H15ClN4O. The van der Waals surface area contributed by atoms with Crippen molar-refractivity contribution in [2.75, 3.05) is 31.1 Å². The van der Waals surface area contributed by atoms with Crippen LogP contribution in [0.3, 0.4) is 0 Å². The van der Waals surface area contributed by atoms with E-state index >= 15 is 0 Å². The Morgan fingerprint density at radius 2 is 1.76 bits per heavy atom. The summed E-state index contributed by atoms with van der Waals surface area (Å²) in [6, 6.07) is 9.28. The fourth-order valence-corrected chi connectivity index (χ4v) is 2.60. The van der Waals surface area contributed by atoms with Gasteiger partial charge in [-0.05, 0) is 24.3 Å². The van der Waals surface area contributed by atoms with Crippen molar-refractivity contribution in [3.63, 3.8) is 0 Å². The van der Waals surface area contributed by atoms with Gasteiger partial charge in [-0.25, -0.2) is 9.97 Å². The molecule has 3 heterocycles. The Bertz CT molecular complexity index is 627. The van der Waals surface area contributed by atoms with E-state index < -0.39 is 0 Å². The zero-order valence-electron chi connectivity index (χ0n) is 11.4. The maximum absolute atomic E-state index is 12.4. The van der Waals surface area contributed by atoms with Crippen LogP contribution in [0, 0.1) is 0 Å². The molecule has 6 heteroatoms. The Morgan fingerprint density at radius 1 is 1.00 bits per heavy atom. The van der Waals surface area contributed by atoms with Crippen LogP contribution in [-0.4, -0.2) is 47.0 Å². The highest BCUT2D eigenvalue weighted by Gasteiger charge is 2.24. The number of anilines is 1. The van der Waals surface area contributed by atoms with Crippen LogP contribution in [0.2, 0.25) is 5.15 Å². The van der Waals surface area contributed by atoms with Crippen molar-refractivity contribution in [1.82, 2.24) is 14.9 Å². The van der Waals surface area contributed by atoms with Crippen LogP contribution < -0.4 is 4.90 Å². The Labute approximate surface area is 128 Å². The van der Waals surface area contributed by atoms with Crippen molar-refractivity contribution in [1.29, 1.82) is 0 Å². The van der Waals surface area contributed by atoms with E-state index in [4.69, 9.17) is 11.6 Å². The number of pyridine rings is 2. The molecule has 0 unspecified atom stereocenters. The Hall–Kier alpha value is -2.14. The van der Waals surface area contributed by atoms with Crippen molar-refractivity contribution in [2.45, 2.75) is 0 Å². The number of halogens is 1. The molecule has 0 N–H and O–H groups in total. The molecule has 0 saturated carbocycles. The van der Waals surface area contributed by atoms with E-state index in [1.807, 2.05) is 23.1 Å². The lowest BCUT2D eigenvalue weighted by Crippen LogP contribution is -2.49. The van der Waals surface area contributed by atoms with Gasteiger partial charge in [0.15, 0.2) is 0 Å². The molecule has 108 valence electrons. The van der Waals surface area contributed by atoms with Crippen molar-refractivity contribution in [3.8, 4) is 0 Å². The van der Waals surface area contributed by atoms with Gasteiger partial charge in [-0.1, -0.05) is 17.7 Å². The van der Waals surface area contributed by atoms with Crippen molar-refractivity contribution in [2.24, 2.45) is 0 Å². The first-order chi connectivity index (χ1) is 10.3. The third kappa shape index (κ3) is 2.97. The lowest BCUT2D eigenvalue weighted by atomic mass is 10.2. The standard InChI is InChI=1S/C15H15ClN4O/c16-14-12(4-3-7-18-14)15(21)20-10-8-19(9-11-20)13-5-1-2-6-17-13/h1-7H,8-11H2. The topological polar surface area (TPSA) is 49.3 Å². The molecule has 2 aromatic rings. The molecule has 2 aromatic heterocycles.